The molecule has 0 spiro atoms. The molecular formula is C21H14ClN3O3S. The van der Waals surface area contributed by atoms with Crippen LogP contribution >= 0.6 is 11.6 Å². The van der Waals surface area contributed by atoms with Crippen LogP contribution in [0.2, 0.25) is 5.02 Å². The molecule has 1 heterocycles. The van der Waals surface area contributed by atoms with E-state index in [4.69, 9.17) is 21.6 Å². The van der Waals surface area contributed by atoms with Crippen LogP contribution in [-0.4, -0.2) is 17.4 Å². The smallest absolute Gasteiger partial charge is 0.269 e. The van der Waals surface area contributed by atoms with Gasteiger partial charge in [-0.25, -0.2) is 17.4 Å². The lowest BCUT2D eigenvalue weighted by Gasteiger charge is -2.12. The van der Waals surface area contributed by atoms with Crippen LogP contribution in [0.15, 0.2) is 77.7 Å². The van der Waals surface area contributed by atoms with Crippen LogP contribution in [0.1, 0.15) is 11.4 Å². The Labute approximate surface area is 172 Å². The average molecular weight is 424 g/mol. The first-order chi connectivity index (χ1) is 14.0. The molecule has 0 radical (unpaired) electrons. The Morgan fingerprint density at radius 2 is 1.79 bits per heavy atom. The van der Waals surface area contributed by atoms with E-state index >= 15 is 0 Å². The minimum atomic E-state index is -3.99. The first kappa shape index (κ1) is 19.0. The zero-order chi connectivity index (χ0) is 20.4. The van der Waals surface area contributed by atoms with Crippen LogP contribution < -0.4 is 4.74 Å². The third-order valence-corrected chi connectivity index (χ3v) is 6.26. The molecule has 144 valence electrons. The van der Waals surface area contributed by atoms with E-state index in [0.717, 1.165) is 3.97 Å². The molecule has 0 fully saturated rings. The second-order valence-corrected chi connectivity index (χ2v) is 8.39. The van der Waals surface area contributed by atoms with Gasteiger partial charge in [-0.3, -0.25) is 0 Å². The summed E-state index contributed by atoms with van der Waals surface area (Å²) in [5, 5.41) is 9.69. The second kappa shape index (κ2) is 7.59. The van der Waals surface area contributed by atoms with Gasteiger partial charge in [0, 0.05) is 5.02 Å². The molecule has 0 aliphatic rings. The second-order valence-electron chi connectivity index (χ2n) is 6.17. The number of ether oxygens (including phenoxy) is 1. The van der Waals surface area contributed by atoms with Gasteiger partial charge in [0.25, 0.3) is 10.0 Å². The monoisotopic (exact) mass is 423 g/mol. The number of hydrogen-bond acceptors (Lipinski definition) is 5. The number of benzene rings is 3. The molecule has 0 amide bonds. The Kier molecular flexibility index (Phi) is 4.97. The lowest BCUT2D eigenvalue weighted by atomic mass is 10.2. The number of halogens is 1. The topological polar surface area (TPSA) is 85.0 Å². The van der Waals surface area contributed by atoms with Crippen molar-refractivity contribution in [3.63, 3.8) is 0 Å². The Morgan fingerprint density at radius 3 is 2.55 bits per heavy atom. The highest BCUT2D eigenvalue weighted by Crippen LogP contribution is 2.25. The molecular weight excluding hydrogens is 410 g/mol. The van der Waals surface area contributed by atoms with Gasteiger partial charge in [-0.15, -0.1) is 0 Å². The highest BCUT2D eigenvalue weighted by molar-refractivity contribution is 7.90. The Hall–Kier alpha value is -3.34. The average Bonchev–Trinajstić information content (AvgIpc) is 3.12. The van der Waals surface area contributed by atoms with Gasteiger partial charge in [0.1, 0.15) is 12.4 Å². The summed E-state index contributed by atoms with van der Waals surface area (Å²) in [5.74, 6) is 0.764. The van der Waals surface area contributed by atoms with E-state index in [-0.39, 0.29) is 22.9 Å². The molecule has 0 aliphatic carbocycles. The van der Waals surface area contributed by atoms with Crippen LogP contribution in [0, 0.1) is 11.3 Å². The predicted octanol–water partition coefficient (Wildman–Crippen LogP) is 4.38. The molecule has 0 aliphatic heterocycles. The molecule has 29 heavy (non-hydrogen) atoms. The minimum absolute atomic E-state index is 0.00689. The number of hydrogen-bond donors (Lipinski definition) is 0. The molecule has 0 unspecified atom stereocenters. The largest absolute Gasteiger partial charge is 0.486 e. The van der Waals surface area contributed by atoms with E-state index < -0.39 is 10.0 Å². The van der Waals surface area contributed by atoms with E-state index in [2.05, 4.69) is 4.98 Å². The molecule has 0 bridgehead atoms. The van der Waals surface area contributed by atoms with Gasteiger partial charge >= 0.3 is 0 Å². The van der Waals surface area contributed by atoms with Gasteiger partial charge in [0.15, 0.2) is 5.82 Å². The highest BCUT2D eigenvalue weighted by Gasteiger charge is 2.25. The quantitative estimate of drug-likeness (QED) is 0.475. The van der Waals surface area contributed by atoms with Crippen LogP contribution in [0.25, 0.3) is 11.0 Å². The standard InChI is InChI=1S/C21H14ClN3O3S/c22-16-8-10-17(11-9-16)28-14-21-24-19-6-1-2-7-20(19)25(21)29(26,27)18-5-3-4-15(12-18)13-23/h1-12H,14H2. The van der Waals surface area contributed by atoms with Crippen molar-refractivity contribution >= 4 is 32.7 Å². The van der Waals surface area contributed by atoms with Crippen molar-refractivity contribution in [1.29, 1.82) is 5.26 Å². The van der Waals surface area contributed by atoms with Crippen LogP contribution in [0.4, 0.5) is 0 Å². The van der Waals surface area contributed by atoms with Gasteiger partial charge < -0.3 is 4.74 Å². The molecule has 6 nitrogen and oxygen atoms in total. The summed E-state index contributed by atoms with van der Waals surface area (Å²) in [5.41, 5.74) is 1.22. The Morgan fingerprint density at radius 1 is 1.03 bits per heavy atom. The first-order valence-electron chi connectivity index (χ1n) is 8.59. The maximum atomic E-state index is 13.4. The van der Waals surface area contributed by atoms with Crippen molar-refractivity contribution in [2.45, 2.75) is 11.5 Å². The molecule has 8 heteroatoms. The van der Waals surface area contributed by atoms with Crippen molar-refractivity contribution in [2.24, 2.45) is 0 Å². The highest BCUT2D eigenvalue weighted by atomic mass is 35.5. The molecule has 1 aromatic heterocycles. The number of rotatable bonds is 5. The van der Waals surface area contributed by atoms with Crippen molar-refractivity contribution < 1.29 is 13.2 Å². The summed E-state index contributed by atoms with van der Waals surface area (Å²) >= 11 is 5.89. The van der Waals surface area contributed by atoms with Crippen LogP contribution in [0.3, 0.4) is 0 Å². The zero-order valence-corrected chi connectivity index (χ0v) is 16.6. The third-order valence-electron chi connectivity index (χ3n) is 4.27. The maximum Gasteiger partial charge on any atom is 0.269 e. The summed E-state index contributed by atoms with van der Waals surface area (Å²) in [6.45, 7) is -0.0620. The molecule has 0 saturated carbocycles. The van der Waals surface area contributed by atoms with Gasteiger partial charge in [-0.05, 0) is 54.6 Å². The number of aromatic nitrogens is 2. The third kappa shape index (κ3) is 3.68. The van der Waals surface area contributed by atoms with E-state index in [1.807, 2.05) is 6.07 Å². The molecule has 3 aromatic carbocycles. The van der Waals surface area contributed by atoms with Crippen molar-refractivity contribution in [2.75, 3.05) is 0 Å². The molecule has 4 aromatic rings. The molecule has 0 N–H and O–H groups in total. The van der Waals surface area contributed by atoms with Gasteiger partial charge in [0.2, 0.25) is 0 Å². The molecule has 4 rings (SSSR count). The van der Waals surface area contributed by atoms with E-state index in [9.17, 15) is 8.42 Å². The fourth-order valence-electron chi connectivity index (χ4n) is 2.92. The summed E-state index contributed by atoms with van der Waals surface area (Å²) in [4.78, 5) is 4.45. The summed E-state index contributed by atoms with van der Waals surface area (Å²) in [7, 11) is -3.99. The van der Waals surface area contributed by atoms with E-state index in [1.165, 1.54) is 18.2 Å². The normalized spacial score (nSPS) is 11.3. The van der Waals surface area contributed by atoms with E-state index in [0.29, 0.717) is 21.8 Å². The summed E-state index contributed by atoms with van der Waals surface area (Å²) in [6.07, 6.45) is 0. The maximum absolute atomic E-state index is 13.4. The Bertz CT molecular complexity index is 1340. The lowest BCUT2D eigenvalue weighted by molar-refractivity contribution is 0.295. The summed E-state index contributed by atoms with van der Waals surface area (Å²) in [6, 6.07) is 21.5. The fourth-order valence-corrected chi connectivity index (χ4v) is 4.57. The molecule has 0 saturated heterocycles. The van der Waals surface area contributed by atoms with Crippen LogP contribution in [0.5, 0.6) is 5.75 Å². The number of imidazole rings is 1. The van der Waals surface area contributed by atoms with Crippen LogP contribution in [-0.2, 0) is 16.6 Å². The fraction of sp³-hybridized carbons (Fsp3) is 0.0476. The minimum Gasteiger partial charge on any atom is -0.486 e. The SMILES string of the molecule is N#Cc1cccc(S(=O)(=O)n2c(COc3ccc(Cl)cc3)nc3ccccc32)c1. The number of para-hydroxylation sites is 2. The zero-order valence-electron chi connectivity index (χ0n) is 15.0. The van der Waals surface area contributed by atoms with Crippen molar-refractivity contribution in [3.05, 3.63) is 89.2 Å². The number of nitrogens with zero attached hydrogens (tertiary/aromatic N) is 3. The number of nitriles is 1. The lowest BCUT2D eigenvalue weighted by Crippen LogP contribution is -2.17. The summed E-state index contributed by atoms with van der Waals surface area (Å²) < 4.78 is 33.7. The molecule has 0 atom stereocenters. The van der Waals surface area contributed by atoms with Gasteiger partial charge in [-0.2, -0.15) is 5.26 Å². The van der Waals surface area contributed by atoms with Crippen molar-refractivity contribution in [3.8, 4) is 11.8 Å². The number of fused-ring (bicyclic) bond motifs is 1. The van der Waals surface area contributed by atoms with Gasteiger partial charge in [-0.1, -0.05) is 29.8 Å². The predicted molar refractivity (Wildman–Crippen MR) is 109 cm³/mol. The Balaban J connectivity index is 1.81. The van der Waals surface area contributed by atoms with Gasteiger partial charge in [0.05, 0.1) is 27.6 Å². The van der Waals surface area contributed by atoms with Crippen molar-refractivity contribution in [1.82, 2.24) is 8.96 Å². The van der Waals surface area contributed by atoms with E-state index in [1.54, 1.807) is 54.6 Å². The first-order valence-corrected chi connectivity index (χ1v) is 10.4.